The van der Waals surface area contributed by atoms with E-state index in [9.17, 15) is 0 Å². The van der Waals surface area contributed by atoms with Crippen LogP contribution in [0.2, 0.25) is 0 Å². The van der Waals surface area contributed by atoms with Gasteiger partial charge in [-0.05, 0) is 39.8 Å². The first-order chi connectivity index (χ1) is 7.81. The lowest BCUT2D eigenvalue weighted by atomic mass is 10.0. The van der Waals surface area contributed by atoms with E-state index in [0.717, 1.165) is 25.3 Å². The summed E-state index contributed by atoms with van der Waals surface area (Å²) in [5.74, 6) is 1.91. The minimum Gasteiger partial charge on any atom is -0.346 e. The predicted octanol–water partition coefficient (Wildman–Crippen LogP) is 2.53. The number of aromatic nitrogens is 2. The minimum atomic E-state index is 0.731. The number of aromatic amines is 1. The highest BCUT2D eigenvalue weighted by Crippen LogP contribution is 2.34. The van der Waals surface area contributed by atoms with Gasteiger partial charge in [0.15, 0.2) is 0 Å². The predicted molar refractivity (Wildman–Crippen MR) is 66.8 cm³/mol. The van der Waals surface area contributed by atoms with Gasteiger partial charge in [0.2, 0.25) is 0 Å². The number of imidazole rings is 1. The molecule has 0 unspecified atom stereocenters. The Morgan fingerprint density at radius 3 is 2.81 bits per heavy atom. The normalized spacial score (nSPS) is 17.1. The summed E-state index contributed by atoms with van der Waals surface area (Å²) >= 11 is 0. The van der Waals surface area contributed by atoms with Gasteiger partial charge < -0.3 is 10.3 Å². The van der Waals surface area contributed by atoms with Crippen molar-refractivity contribution in [1.29, 1.82) is 0 Å². The lowest BCUT2D eigenvalue weighted by Crippen LogP contribution is -2.08. The van der Waals surface area contributed by atoms with E-state index in [2.05, 4.69) is 17.2 Å². The Morgan fingerprint density at radius 2 is 2.12 bits per heavy atom. The van der Waals surface area contributed by atoms with E-state index in [1.165, 1.54) is 42.9 Å². The van der Waals surface area contributed by atoms with Crippen LogP contribution < -0.4 is 5.32 Å². The molecule has 3 nitrogen and oxygen atoms in total. The molecule has 16 heavy (non-hydrogen) atoms. The van der Waals surface area contributed by atoms with Crippen molar-refractivity contribution in [2.75, 3.05) is 13.6 Å². The third-order valence-corrected chi connectivity index (χ3v) is 3.55. The van der Waals surface area contributed by atoms with Crippen LogP contribution in [0.5, 0.6) is 0 Å². The first-order valence-corrected chi connectivity index (χ1v) is 6.51. The summed E-state index contributed by atoms with van der Waals surface area (Å²) in [4.78, 5) is 8.22. The first-order valence-electron chi connectivity index (χ1n) is 6.51. The van der Waals surface area contributed by atoms with Gasteiger partial charge in [-0.1, -0.05) is 12.8 Å². The van der Waals surface area contributed by atoms with Crippen LogP contribution in [-0.2, 0) is 6.42 Å². The van der Waals surface area contributed by atoms with Gasteiger partial charge >= 0.3 is 0 Å². The zero-order chi connectivity index (χ0) is 11.4. The Kier molecular flexibility index (Phi) is 3.99. The molecule has 3 heteroatoms. The quantitative estimate of drug-likeness (QED) is 0.750. The maximum absolute atomic E-state index is 4.78. The molecule has 0 radical (unpaired) electrons. The van der Waals surface area contributed by atoms with Crippen molar-refractivity contribution >= 4 is 0 Å². The molecule has 1 aliphatic rings. The Bertz CT molecular complexity index is 324. The Labute approximate surface area is 98.1 Å². The Morgan fingerprint density at radius 1 is 1.38 bits per heavy atom. The van der Waals surface area contributed by atoms with Crippen molar-refractivity contribution in [1.82, 2.24) is 15.3 Å². The third-order valence-electron chi connectivity index (χ3n) is 3.55. The van der Waals surface area contributed by atoms with Gasteiger partial charge in [0.25, 0.3) is 0 Å². The third kappa shape index (κ3) is 2.64. The van der Waals surface area contributed by atoms with E-state index < -0.39 is 0 Å². The number of hydrogen-bond donors (Lipinski definition) is 2. The van der Waals surface area contributed by atoms with Crippen LogP contribution in [0.1, 0.15) is 55.2 Å². The second-order valence-corrected chi connectivity index (χ2v) is 4.88. The highest BCUT2D eigenvalue weighted by atomic mass is 14.9. The molecule has 0 aliphatic heterocycles. The number of aryl methyl sites for hydroxylation is 2. The average molecular weight is 221 g/mol. The number of hydrogen-bond acceptors (Lipinski definition) is 2. The molecular formula is C13H23N3. The van der Waals surface area contributed by atoms with Crippen LogP contribution in [0, 0.1) is 6.92 Å². The fraction of sp³-hybridized carbons (Fsp3) is 0.769. The fourth-order valence-electron chi connectivity index (χ4n) is 2.69. The van der Waals surface area contributed by atoms with Crippen molar-refractivity contribution in [2.24, 2.45) is 0 Å². The molecule has 1 aromatic rings. The van der Waals surface area contributed by atoms with Crippen molar-refractivity contribution < 1.29 is 0 Å². The van der Waals surface area contributed by atoms with Crippen molar-refractivity contribution in [2.45, 2.75) is 51.4 Å². The molecule has 1 aliphatic carbocycles. The van der Waals surface area contributed by atoms with Crippen molar-refractivity contribution in [3.05, 3.63) is 17.2 Å². The summed E-state index contributed by atoms with van der Waals surface area (Å²) < 4.78 is 0. The van der Waals surface area contributed by atoms with Gasteiger partial charge in [0, 0.05) is 18.0 Å². The molecular weight excluding hydrogens is 198 g/mol. The molecule has 0 saturated heterocycles. The molecule has 2 N–H and O–H groups in total. The number of nitrogens with zero attached hydrogens (tertiary/aromatic N) is 1. The van der Waals surface area contributed by atoms with E-state index in [1.54, 1.807) is 0 Å². The van der Waals surface area contributed by atoms with E-state index in [-0.39, 0.29) is 0 Å². The highest BCUT2D eigenvalue weighted by Gasteiger charge is 2.21. The van der Waals surface area contributed by atoms with Gasteiger partial charge in [-0.2, -0.15) is 0 Å². The molecule has 90 valence electrons. The SMILES string of the molecule is CNCCCc1nc(C2CCCC2)c(C)[nH]1. The van der Waals surface area contributed by atoms with Gasteiger partial charge in [0.1, 0.15) is 5.82 Å². The molecule has 1 fully saturated rings. The molecule has 0 amide bonds. The fourth-order valence-corrected chi connectivity index (χ4v) is 2.69. The smallest absolute Gasteiger partial charge is 0.106 e. The maximum atomic E-state index is 4.78. The molecule has 0 spiro atoms. The minimum absolute atomic E-state index is 0.731. The molecule has 1 saturated carbocycles. The van der Waals surface area contributed by atoms with E-state index in [0.29, 0.717) is 0 Å². The monoisotopic (exact) mass is 221 g/mol. The van der Waals surface area contributed by atoms with E-state index in [1.807, 2.05) is 7.05 Å². The molecule has 1 aromatic heterocycles. The van der Waals surface area contributed by atoms with Crippen molar-refractivity contribution in [3.63, 3.8) is 0 Å². The Balaban J connectivity index is 1.97. The lowest BCUT2D eigenvalue weighted by molar-refractivity contribution is 0.684. The largest absolute Gasteiger partial charge is 0.346 e. The van der Waals surface area contributed by atoms with Crippen molar-refractivity contribution in [3.8, 4) is 0 Å². The first kappa shape index (κ1) is 11.6. The van der Waals surface area contributed by atoms with Crippen LogP contribution in [0.3, 0.4) is 0 Å². The zero-order valence-electron chi connectivity index (χ0n) is 10.5. The summed E-state index contributed by atoms with van der Waals surface area (Å²) in [5, 5.41) is 3.17. The molecule has 0 bridgehead atoms. The van der Waals surface area contributed by atoms with E-state index in [4.69, 9.17) is 4.98 Å². The second-order valence-electron chi connectivity index (χ2n) is 4.88. The van der Waals surface area contributed by atoms with Gasteiger partial charge in [-0.3, -0.25) is 0 Å². The second kappa shape index (κ2) is 5.48. The molecule has 0 atom stereocenters. The summed E-state index contributed by atoms with van der Waals surface area (Å²) in [6.45, 7) is 3.24. The lowest BCUT2D eigenvalue weighted by Gasteiger charge is -2.05. The van der Waals surface area contributed by atoms with Crippen LogP contribution in [0.15, 0.2) is 0 Å². The van der Waals surface area contributed by atoms with Crippen LogP contribution in [0.4, 0.5) is 0 Å². The standard InChI is InChI=1S/C13H23N3/c1-10-13(11-6-3-4-7-11)16-12(15-10)8-5-9-14-2/h11,14H,3-9H2,1-2H3,(H,15,16). The number of rotatable bonds is 5. The van der Waals surface area contributed by atoms with Crippen LogP contribution in [-0.4, -0.2) is 23.6 Å². The van der Waals surface area contributed by atoms with Gasteiger partial charge in [-0.15, -0.1) is 0 Å². The highest BCUT2D eigenvalue weighted by molar-refractivity contribution is 5.18. The average Bonchev–Trinajstić information content (AvgIpc) is 2.87. The van der Waals surface area contributed by atoms with Crippen LogP contribution >= 0.6 is 0 Å². The zero-order valence-corrected chi connectivity index (χ0v) is 10.5. The van der Waals surface area contributed by atoms with Gasteiger partial charge in [0.05, 0.1) is 5.69 Å². The molecule has 0 aromatic carbocycles. The maximum Gasteiger partial charge on any atom is 0.106 e. The van der Waals surface area contributed by atoms with Crippen LogP contribution in [0.25, 0.3) is 0 Å². The summed E-state index contributed by atoms with van der Waals surface area (Å²) in [5.41, 5.74) is 2.64. The molecule has 2 rings (SSSR count). The molecule has 1 heterocycles. The number of H-pyrrole nitrogens is 1. The summed E-state index contributed by atoms with van der Waals surface area (Å²) in [6, 6.07) is 0. The Hall–Kier alpha value is -0.830. The summed E-state index contributed by atoms with van der Waals surface area (Å²) in [6.07, 6.45) is 7.66. The van der Waals surface area contributed by atoms with E-state index >= 15 is 0 Å². The number of nitrogens with one attached hydrogen (secondary N) is 2. The topological polar surface area (TPSA) is 40.7 Å². The van der Waals surface area contributed by atoms with Gasteiger partial charge in [-0.25, -0.2) is 4.98 Å². The summed E-state index contributed by atoms with van der Waals surface area (Å²) in [7, 11) is 2.00.